The Balaban J connectivity index is 2.05. The Morgan fingerprint density at radius 3 is 2.83 bits per heavy atom. The highest BCUT2D eigenvalue weighted by Gasteiger charge is 2.16. The lowest BCUT2D eigenvalue weighted by molar-refractivity contribution is 0.376. The number of nitrogens with one attached hydrogen (secondary N) is 1. The summed E-state index contributed by atoms with van der Waals surface area (Å²) in [6, 6.07) is 3.79. The van der Waals surface area contributed by atoms with Gasteiger partial charge in [0, 0.05) is 19.3 Å². The van der Waals surface area contributed by atoms with Gasteiger partial charge < -0.3 is 10.2 Å². The van der Waals surface area contributed by atoms with Crippen molar-refractivity contribution in [2.45, 2.75) is 19.8 Å². The molecule has 1 aliphatic rings. The van der Waals surface area contributed by atoms with E-state index in [4.69, 9.17) is 5.26 Å². The number of rotatable bonds is 3. The maximum Gasteiger partial charge on any atom is 0.226 e. The number of nitrogens with zero attached hydrogens (tertiary/aromatic N) is 4. The lowest BCUT2D eigenvalue weighted by atomic mass is 9.98. The largest absolute Gasteiger partial charge is 0.344 e. The van der Waals surface area contributed by atoms with Crippen molar-refractivity contribution in [1.82, 2.24) is 15.3 Å². The van der Waals surface area contributed by atoms with Gasteiger partial charge in [-0.05, 0) is 44.8 Å². The summed E-state index contributed by atoms with van der Waals surface area (Å²) in [4.78, 5) is 10.7. The monoisotopic (exact) mass is 245 g/mol. The minimum absolute atomic E-state index is 0.440. The molecule has 1 N–H and O–H groups in total. The molecule has 0 aromatic carbocycles. The average molecular weight is 245 g/mol. The summed E-state index contributed by atoms with van der Waals surface area (Å²) in [5.74, 6) is 1.34. The molecule has 0 unspecified atom stereocenters. The third kappa shape index (κ3) is 3.17. The predicted octanol–water partition coefficient (Wildman–Crippen LogP) is 1.09. The van der Waals surface area contributed by atoms with Gasteiger partial charge in [0.05, 0.1) is 0 Å². The highest BCUT2D eigenvalue weighted by Crippen LogP contribution is 2.16. The van der Waals surface area contributed by atoms with Gasteiger partial charge >= 0.3 is 0 Å². The minimum Gasteiger partial charge on any atom is -0.344 e. The first-order chi connectivity index (χ1) is 8.69. The summed E-state index contributed by atoms with van der Waals surface area (Å²) in [6.07, 6.45) is 2.39. The van der Waals surface area contributed by atoms with E-state index in [2.05, 4.69) is 26.3 Å². The Morgan fingerprint density at radius 2 is 2.17 bits per heavy atom. The number of hydrogen-bond donors (Lipinski definition) is 1. The highest BCUT2D eigenvalue weighted by atomic mass is 15.2. The van der Waals surface area contributed by atoms with Crippen molar-refractivity contribution in [3.05, 3.63) is 17.5 Å². The molecule has 1 aromatic heterocycles. The smallest absolute Gasteiger partial charge is 0.226 e. The molecule has 2 heterocycles. The van der Waals surface area contributed by atoms with Crippen molar-refractivity contribution in [2.75, 3.05) is 31.6 Å². The highest BCUT2D eigenvalue weighted by molar-refractivity contribution is 5.35. The Kier molecular flexibility index (Phi) is 4.11. The van der Waals surface area contributed by atoms with Crippen molar-refractivity contribution < 1.29 is 0 Å². The van der Waals surface area contributed by atoms with Crippen molar-refractivity contribution in [1.29, 1.82) is 5.26 Å². The average Bonchev–Trinajstić information content (AvgIpc) is 2.39. The summed E-state index contributed by atoms with van der Waals surface area (Å²) in [5.41, 5.74) is 1.28. The molecular formula is C13H19N5. The summed E-state index contributed by atoms with van der Waals surface area (Å²) in [6.45, 7) is 5.04. The molecule has 0 spiro atoms. The van der Waals surface area contributed by atoms with Crippen molar-refractivity contribution >= 4 is 5.95 Å². The molecule has 0 aliphatic carbocycles. The van der Waals surface area contributed by atoms with Gasteiger partial charge in [-0.15, -0.1) is 0 Å². The van der Waals surface area contributed by atoms with E-state index in [1.54, 1.807) is 6.07 Å². The molecule has 1 aliphatic heterocycles. The topological polar surface area (TPSA) is 64.8 Å². The zero-order chi connectivity index (χ0) is 13.0. The van der Waals surface area contributed by atoms with Gasteiger partial charge in [0.1, 0.15) is 11.8 Å². The first-order valence-electron chi connectivity index (χ1n) is 6.36. The second kappa shape index (κ2) is 5.78. The van der Waals surface area contributed by atoms with E-state index in [1.807, 2.05) is 14.0 Å². The van der Waals surface area contributed by atoms with Crippen LogP contribution in [0.3, 0.4) is 0 Å². The maximum absolute atomic E-state index is 8.92. The molecule has 2 rings (SSSR count). The number of nitriles is 1. The van der Waals surface area contributed by atoms with Crippen LogP contribution in [0.5, 0.6) is 0 Å². The Morgan fingerprint density at radius 1 is 1.44 bits per heavy atom. The Bertz CT molecular complexity index is 445. The van der Waals surface area contributed by atoms with Crippen molar-refractivity contribution in [3.8, 4) is 6.07 Å². The maximum atomic E-state index is 8.92. The van der Waals surface area contributed by atoms with Crippen LogP contribution in [0.15, 0.2) is 6.07 Å². The molecular weight excluding hydrogens is 226 g/mol. The standard InChI is InChI=1S/C13H19N5/c1-10-7-12(8-14)17-13(16-10)18(2)9-11-3-5-15-6-4-11/h7,11,15H,3-6,9H2,1-2H3. The van der Waals surface area contributed by atoms with E-state index in [9.17, 15) is 0 Å². The molecule has 1 aromatic rings. The lowest BCUT2D eigenvalue weighted by Gasteiger charge is -2.27. The first-order valence-corrected chi connectivity index (χ1v) is 6.36. The fourth-order valence-corrected chi connectivity index (χ4v) is 2.31. The van der Waals surface area contributed by atoms with E-state index in [0.29, 0.717) is 17.6 Å². The van der Waals surface area contributed by atoms with E-state index in [0.717, 1.165) is 25.3 Å². The van der Waals surface area contributed by atoms with Gasteiger partial charge in [-0.25, -0.2) is 9.97 Å². The van der Waals surface area contributed by atoms with Crippen LogP contribution in [0.2, 0.25) is 0 Å². The molecule has 0 radical (unpaired) electrons. The van der Waals surface area contributed by atoms with Gasteiger partial charge in [-0.3, -0.25) is 0 Å². The number of piperidine rings is 1. The van der Waals surface area contributed by atoms with Gasteiger partial charge in [0.15, 0.2) is 0 Å². The fraction of sp³-hybridized carbons (Fsp3) is 0.615. The van der Waals surface area contributed by atoms with Crippen LogP contribution in [0.4, 0.5) is 5.95 Å². The molecule has 0 amide bonds. The molecule has 18 heavy (non-hydrogen) atoms. The third-order valence-electron chi connectivity index (χ3n) is 3.29. The number of aromatic nitrogens is 2. The molecule has 5 nitrogen and oxygen atoms in total. The van der Waals surface area contributed by atoms with Gasteiger partial charge in [0.25, 0.3) is 0 Å². The Labute approximate surface area is 108 Å². The zero-order valence-corrected chi connectivity index (χ0v) is 11.0. The summed E-state index contributed by atoms with van der Waals surface area (Å²) >= 11 is 0. The van der Waals surface area contributed by atoms with Crippen LogP contribution < -0.4 is 10.2 Å². The first kappa shape index (κ1) is 12.8. The predicted molar refractivity (Wildman–Crippen MR) is 70.3 cm³/mol. The summed E-state index contributed by atoms with van der Waals surface area (Å²) in [5, 5.41) is 12.3. The molecule has 1 fully saturated rings. The molecule has 0 saturated carbocycles. The van der Waals surface area contributed by atoms with Crippen LogP contribution >= 0.6 is 0 Å². The van der Waals surface area contributed by atoms with Gasteiger partial charge in [-0.2, -0.15) is 5.26 Å². The number of aryl methyl sites for hydroxylation is 1. The van der Waals surface area contributed by atoms with Crippen LogP contribution in [0.25, 0.3) is 0 Å². The molecule has 0 atom stereocenters. The summed E-state index contributed by atoms with van der Waals surface area (Å²) in [7, 11) is 2.00. The lowest BCUT2D eigenvalue weighted by Crippen LogP contribution is -2.35. The SMILES string of the molecule is Cc1cc(C#N)nc(N(C)CC2CCNCC2)n1. The molecule has 96 valence electrons. The number of hydrogen-bond acceptors (Lipinski definition) is 5. The van der Waals surface area contributed by atoms with Crippen molar-refractivity contribution in [3.63, 3.8) is 0 Å². The third-order valence-corrected chi connectivity index (χ3v) is 3.29. The van der Waals surface area contributed by atoms with E-state index in [-0.39, 0.29) is 0 Å². The van der Waals surface area contributed by atoms with Crippen LogP contribution in [-0.4, -0.2) is 36.6 Å². The second-order valence-electron chi connectivity index (χ2n) is 4.88. The number of anilines is 1. The summed E-state index contributed by atoms with van der Waals surface area (Å²) < 4.78 is 0. The van der Waals surface area contributed by atoms with Gasteiger partial charge in [0.2, 0.25) is 5.95 Å². The normalized spacial score (nSPS) is 16.3. The van der Waals surface area contributed by atoms with Crippen LogP contribution in [-0.2, 0) is 0 Å². The second-order valence-corrected chi connectivity index (χ2v) is 4.88. The quantitative estimate of drug-likeness (QED) is 0.863. The van der Waals surface area contributed by atoms with E-state index >= 15 is 0 Å². The molecule has 1 saturated heterocycles. The van der Waals surface area contributed by atoms with Crippen molar-refractivity contribution in [2.24, 2.45) is 5.92 Å². The minimum atomic E-state index is 0.440. The zero-order valence-electron chi connectivity index (χ0n) is 11.0. The van der Waals surface area contributed by atoms with Crippen LogP contribution in [0.1, 0.15) is 24.2 Å². The molecule has 5 heteroatoms. The van der Waals surface area contributed by atoms with Crippen LogP contribution in [0, 0.1) is 24.2 Å². The van der Waals surface area contributed by atoms with E-state index in [1.165, 1.54) is 12.8 Å². The fourth-order valence-electron chi connectivity index (χ4n) is 2.31. The van der Waals surface area contributed by atoms with Gasteiger partial charge in [-0.1, -0.05) is 0 Å². The Hall–Kier alpha value is -1.67. The van der Waals surface area contributed by atoms with E-state index < -0.39 is 0 Å². The molecule has 0 bridgehead atoms.